The van der Waals surface area contributed by atoms with Crippen LogP contribution in [0.25, 0.3) is 0 Å². The van der Waals surface area contributed by atoms with Crippen LogP contribution in [0, 0.1) is 10.1 Å². The van der Waals surface area contributed by atoms with E-state index in [4.69, 9.17) is 4.74 Å². The molecule has 19 heavy (non-hydrogen) atoms. The van der Waals surface area contributed by atoms with Crippen molar-refractivity contribution in [2.45, 2.75) is 0 Å². The minimum atomic E-state index is -0.486. The van der Waals surface area contributed by atoms with E-state index in [-0.39, 0.29) is 18.2 Å². The van der Waals surface area contributed by atoms with Gasteiger partial charge in [0.05, 0.1) is 4.92 Å². The van der Waals surface area contributed by atoms with Gasteiger partial charge < -0.3 is 15.0 Å². The molecule has 7 nitrogen and oxygen atoms in total. The van der Waals surface area contributed by atoms with Gasteiger partial charge in [-0.25, -0.2) is 0 Å². The molecule has 0 aliphatic carbocycles. The minimum Gasteiger partial charge on any atom is -0.484 e. The third-order valence-corrected chi connectivity index (χ3v) is 2.53. The Bertz CT molecular complexity index is 433. The zero-order chi connectivity index (χ0) is 14.3. The molecule has 1 aromatic carbocycles. The van der Waals surface area contributed by atoms with Crippen molar-refractivity contribution in [3.63, 3.8) is 0 Å². The van der Waals surface area contributed by atoms with Crippen molar-refractivity contribution in [3.05, 3.63) is 34.4 Å². The van der Waals surface area contributed by atoms with Gasteiger partial charge in [-0.3, -0.25) is 14.9 Å². The second-order valence-corrected chi connectivity index (χ2v) is 3.96. The van der Waals surface area contributed by atoms with Crippen LogP contribution in [0.1, 0.15) is 0 Å². The lowest BCUT2D eigenvalue weighted by Gasteiger charge is -2.17. The largest absolute Gasteiger partial charge is 0.484 e. The SMILES string of the molecule is CNCCN(C)C(=O)COc1ccc([N+](=O)[O-])cc1. The van der Waals surface area contributed by atoms with Crippen LogP contribution in [-0.2, 0) is 4.79 Å². The molecule has 0 atom stereocenters. The zero-order valence-electron chi connectivity index (χ0n) is 11.0. The fourth-order valence-electron chi connectivity index (χ4n) is 1.32. The van der Waals surface area contributed by atoms with Crippen LogP contribution in [0.15, 0.2) is 24.3 Å². The van der Waals surface area contributed by atoms with E-state index in [2.05, 4.69) is 5.32 Å². The van der Waals surface area contributed by atoms with Gasteiger partial charge in [0, 0.05) is 32.3 Å². The Morgan fingerprint density at radius 3 is 2.58 bits per heavy atom. The lowest BCUT2D eigenvalue weighted by molar-refractivity contribution is -0.384. The third kappa shape index (κ3) is 4.92. The number of amides is 1. The Morgan fingerprint density at radius 1 is 1.42 bits per heavy atom. The number of ether oxygens (including phenoxy) is 1. The van der Waals surface area contributed by atoms with Gasteiger partial charge in [-0.15, -0.1) is 0 Å². The molecule has 0 saturated heterocycles. The Hall–Kier alpha value is -2.15. The topological polar surface area (TPSA) is 84.7 Å². The summed E-state index contributed by atoms with van der Waals surface area (Å²) < 4.78 is 5.27. The first kappa shape index (κ1) is 14.9. The summed E-state index contributed by atoms with van der Waals surface area (Å²) in [5, 5.41) is 13.4. The van der Waals surface area contributed by atoms with Gasteiger partial charge in [0.25, 0.3) is 11.6 Å². The smallest absolute Gasteiger partial charge is 0.269 e. The molecule has 0 radical (unpaired) electrons. The summed E-state index contributed by atoms with van der Waals surface area (Å²) in [6.45, 7) is 1.22. The monoisotopic (exact) mass is 267 g/mol. The fraction of sp³-hybridized carbons (Fsp3) is 0.417. The van der Waals surface area contributed by atoms with Gasteiger partial charge in [-0.1, -0.05) is 0 Å². The Balaban J connectivity index is 2.43. The summed E-state index contributed by atoms with van der Waals surface area (Å²) in [6, 6.07) is 5.62. The summed E-state index contributed by atoms with van der Waals surface area (Å²) in [4.78, 5) is 23.2. The molecule has 0 unspecified atom stereocenters. The van der Waals surface area contributed by atoms with E-state index < -0.39 is 4.92 Å². The minimum absolute atomic E-state index is 0.00943. The molecule has 1 aromatic rings. The predicted molar refractivity (Wildman–Crippen MR) is 70.2 cm³/mol. The van der Waals surface area contributed by atoms with Crippen LogP contribution in [0.2, 0.25) is 0 Å². The highest BCUT2D eigenvalue weighted by Crippen LogP contribution is 2.17. The van der Waals surface area contributed by atoms with Crippen molar-refractivity contribution in [2.75, 3.05) is 33.8 Å². The molecule has 7 heteroatoms. The highest BCUT2D eigenvalue weighted by Gasteiger charge is 2.09. The summed E-state index contributed by atoms with van der Waals surface area (Å²) in [5.41, 5.74) is -0.00943. The molecule has 1 N–H and O–H groups in total. The van der Waals surface area contributed by atoms with Crippen molar-refractivity contribution in [3.8, 4) is 5.75 Å². The van der Waals surface area contributed by atoms with Gasteiger partial charge in [-0.05, 0) is 19.2 Å². The molecule has 0 fully saturated rings. The van der Waals surface area contributed by atoms with Crippen LogP contribution in [-0.4, -0.2) is 49.5 Å². The molecule has 0 bridgehead atoms. The maximum Gasteiger partial charge on any atom is 0.269 e. The Kier molecular flexibility index (Phi) is 5.74. The molecule has 1 rings (SSSR count). The first-order chi connectivity index (χ1) is 9.04. The van der Waals surface area contributed by atoms with Crippen LogP contribution in [0.4, 0.5) is 5.69 Å². The summed E-state index contributed by atoms with van der Waals surface area (Å²) in [6.07, 6.45) is 0. The highest BCUT2D eigenvalue weighted by molar-refractivity contribution is 5.77. The number of nitrogens with zero attached hydrogens (tertiary/aromatic N) is 2. The van der Waals surface area contributed by atoms with Gasteiger partial charge in [0.15, 0.2) is 6.61 Å². The molecular weight excluding hydrogens is 250 g/mol. The number of hydrogen-bond acceptors (Lipinski definition) is 5. The lowest BCUT2D eigenvalue weighted by Crippen LogP contribution is -2.35. The van der Waals surface area contributed by atoms with E-state index in [0.717, 1.165) is 0 Å². The quantitative estimate of drug-likeness (QED) is 0.579. The third-order valence-electron chi connectivity index (χ3n) is 2.53. The maximum atomic E-state index is 11.7. The van der Waals surface area contributed by atoms with Gasteiger partial charge in [0.1, 0.15) is 5.75 Å². The summed E-state index contributed by atoms with van der Waals surface area (Å²) in [5.74, 6) is 0.287. The lowest BCUT2D eigenvalue weighted by atomic mass is 10.3. The Morgan fingerprint density at radius 2 is 2.05 bits per heavy atom. The van der Waals surface area contributed by atoms with Crippen molar-refractivity contribution < 1.29 is 14.5 Å². The first-order valence-electron chi connectivity index (χ1n) is 5.80. The molecule has 0 spiro atoms. The van der Waals surface area contributed by atoms with Crippen LogP contribution in [0.5, 0.6) is 5.75 Å². The van der Waals surface area contributed by atoms with Crippen molar-refractivity contribution >= 4 is 11.6 Å². The molecule has 0 aliphatic heterocycles. The average Bonchev–Trinajstić information content (AvgIpc) is 2.42. The zero-order valence-corrected chi connectivity index (χ0v) is 11.0. The number of hydrogen-bond donors (Lipinski definition) is 1. The molecule has 0 aliphatic rings. The second kappa shape index (κ2) is 7.32. The van der Waals surface area contributed by atoms with E-state index in [1.165, 1.54) is 24.3 Å². The predicted octanol–water partition coefficient (Wildman–Crippen LogP) is 0.651. The van der Waals surface area contributed by atoms with Gasteiger partial charge in [-0.2, -0.15) is 0 Å². The molecule has 0 heterocycles. The summed E-state index contributed by atoms with van der Waals surface area (Å²) in [7, 11) is 3.50. The van der Waals surface area contributed by atoms with Crippen molar-refractivity contribution in [1.82, 2.24) is 10.2 Å². The number of nitro benzene ring substituents is 1. The molecule has 0 aromatic heterocycles. The molecule has 1 amide bonds. The number of non-ortho nitro benzene ring substituents is 1. The molecular formula is C12H17N3O4. The number of benzene rings is 1. The molecule has 104 valence electrons. The van der Waals surface area contributed by atoms with Crippen molar-refractivity contribution in [1.29, 1.82) is 0 Å². The first-order valence-corrected chi connectivity index (χ1v) is 5.80. The number of nitrogens with one attached hydrogen (secondary N) is 1. The standard InChI is InChI=1S/C12H17N3O4/c1-13-7-8-14(2)12(16)9-19-11-5-3-10(4-6-11)15(17)18/h3-6,13H,7-9H2,1-2H3. The van der Waals surface area contributed by atoms with Crippen LogP contribution >= 0.6 is 0 Å². The normalized spacial score (nSPS) is 10.0. The van der Waals surface area contributed by atoms with E-state index >= 15 is 0 Å². The van der Waals surface area contributed by atoms with Gasteiger partial charge in [0.2, 0.25) is 0 Å². The van der Waals surface area contributed by atoms with Crippen LogP contribution in [0.3, 0.4) is 0 Å². The fourth-order valence-corrected chi connectivity index (χ4v) is 1.32. The van der Waals surface area contributed by atoms with E-state index in [0.29, 0.717) is 18.8 Å². The molecule has 0 saturated carbocycles. The Labute approximate surface area is 111 Å². The van der Waals surface area contributed by atoms with Gasteiger partial charge >= 0.3 is 0 Å². The number of carbonyl (C=O) groups excluding carboxylic acids is 1. The highest BCUT2D eigenvalue weighted by atomic mass is 16.6. The second-order valence-electron chi connectivity index (χ2n) is 3.96. The van der Waals surface area contributed by atoms with Crippen LogP contribution < -0.4 is 10.1 Å². The van der Waals surface area contributed by atoms with E-state index in [1.807, 2.05) is 7.05 Å². The van der Waals surface area contributed by atoms with E-state index in [1.54, 1.807) is 11.9 Å². The number of carbonyl (C=O) groups is 1. The number of nitro groups is 1. The summed E-state index contributed by atoms with van der Waals surface area (Å²) >= 11 is 0. The van der Waals surface area contributed by atoms with E-state index in [9.17, 15) is 14.9 Å². The average molecular weight is 267 g/mol. The number of likely N-dealkylation sites (N-methyl/N-ethyl adjacent to an activating group) is 2. The van der Waals surface area contributed by atoms with Crippen molar-refractivity contribution in [2.24, 2.45) is 0 Å². The maximum absolute atomic E-state index is 11.7. The number of rotatable bonds is 7.